The van der Waals surface area contributed by atoms with Crippen LogP contribution in [0.25, 0.3) is 0 Å². The van der Waals surface area contributed by atoms with Gasteiger partial charge in [0, 0.05) is 6.04 Å². The number of thiophene rings is 1. The highest BCUT2D eigenvalue weighted by Crippen LogP contribution is 2.22. The van der Waals surface area contributed by atoms with Gasteiger partial charge in [0.15, 0.2) is 0 Å². The zero-order valence-corrected chi connectivity index (χ0v) is 11.3. The van der Waals surface area contributed by atoms with Crippen LogP contribution in [0.1, 0.15) is 36.4 Å². The molecule has 1 rings (SSSR count). The van der Waals surface area contributed by atoms with E-state index in [1.807, 2.05) is 6.92 Å². The fourth-order valence-electron chi connectivity index (χ4n) is 1.49. The molecular formula is C10H15NO4S2. The summed E-state index contributed by atoms with van der Waals surface area (Å²) in [4.78, 5) is 10.6. The van der Waals surface area contributed by atoms with Gasteiger partial charge in [-0.2, -0.15) is 0 Å². The van der Waals surface area contributed by atoms with E-state index in [0.717, 1.165) is 17.8 Å². The van der Waals surface area contributed by atoms with Crippen LogP contribution < -0.4 is 4.72 Å². The van der Waals surface area contributed by atoms with Gasteiger partial charge in [-0.3, -0.25) is 0 Å². The van der Waals surface area contributed by atoms with E-state index in [2.05, 4.69) is 4.72 Å². The second kappa shape index (κ2) is 5.61. The summed E-state index contributed by atoms with van der Waals surface area (Å²) in [5.41, 5.74) is 0. The molecule has 2 N–H and O–H groups in total. The molecule has 1 aromatic heterocycles. The molecule has 7 heteroatoms. The lowest BCUT2D eigenvalue weighted by molar-refractivity contribution is 0.0698. The second-order valence-corrected chi connectivity index (χ2v) is 6.33. The molecule has 0 bridgehead atoms. The van der Waals surface area contributed by atoms with Gasteiger partial charge in [-0.25, -0.2) is 17.9 Å². The van der Waals surface area contributed by atoms with Gasteiger partial charge in [0.05, 0.1) is 0 Å². The van der Waals surface area contributed by atoms with Gasteiger partial charge in [0.1, 0.15) is 9.77 Å². The maximum absolute atomic E-state index is 11.9. The number of hydrogen-bond acceptors (Lipinski definition) is 4. The highest BCUT2D eigenvalue weighted by atomic mass is 32.2. The quantitative estimate of drug-likeness (QED) is 0.832. The molecule has 0 saturated heterocycles. The van der Waals surface area contributed by atoms with Crippen molar-refractivity contribution in [1.29, 1.82) is 0 Å². The van der Waals surface area contributed by atoms with Crippen molar-refractivity contribution in [3.8, 4) is 0 Å². The van der Waals surface area contributed by atoms with Gasteiger partial charge < -0.3 is 5.11 Å². The van der Waals surface area contributed by atoms with Gasteiger partial charge in [-0.05, 0) is 24.8 Å². The van der Waals surface area contributed by atoms with Crippen LogP contribution >= 0.6 is 11.3 Å². The maximum atomic E-state index is 11.9. The monoisotopic (exact) mass is 277 g/mol. The molecule has 0 amide bonds. The summed E-state index contributed by atoms with van der Waals surface area (Å²) < 4.78 is 26.3. The number of rotatable bonds is 6. The molecule has 0 aliphatic carbocycles. The molecule has 1 heterocycles. The average Bonchev–Trinajstić information content (AvgIpc) is 2.65. The lowest BCUT2D eigenvalue weighted by Gasteiger charge is -2.12. The number of carboxylic acid groups (broad SMARTS) is 1. The first kappa shape index (κ1) is 14.1. The summed E-state index contributed by atoms with van der Waals surface area (Å²) in [7, 11) is -3.73. The fourth-order valence-corrected chi connectivity index (χ4v) is 4.02. The van der Waals surface area contributed by atoms with Crippen molar-refractivity contribution in [1.82, 2.24) is 4.72 Å². The molecule has 0 aliphatic rings. The Bertz CT molecular complexity index is 492. The lowest BCUT2D eigenvalue weighted by atomic mass is 10.2. The van der Waals surface area contributed by atoms with Crippen molar-refractivity contribution in [3.63, 3.8) is 0 Å². The molecule has 1 aromatic rings. The van der Waals surface area contributed by atoms with E-state index in [1.54, 1.807) is 6.92 Å². The van der Waals surface area contributed by atoms with Crippen LogP contribution in [0.4, 0.5) is 0 Å². The van der Waals surface area contributed by atoms with Crippen molar-refractivity contribution in [2.45, 2.75) is 37.6 Å². The minimum Gasteiger partial charge on any atom is -0.477 e. The van der Waals surface area contributed by atoms with Crippen LogP contribution in [0.5, 0.6) is 0 Å². The zero-order valence-electron chi connectivity index (χ0n) is 9.63. The SMILES string of the molecule is CCCC(C)NS(=O)(=O)c1ccsc1C(=O)O. The van der Waals surface area contributed by atoms with Crippen molar-refractivity contribution in [3.05, 3.63) is 16.3 Å². The Labute approximate surface area is 105 Å². The third kappa shape index (κ3) is 3.52. The highest BCUT2D eigenvalue weighted by Gasteiger charge is 2.24. The molecule has 0 aliphatic heterocycles. The highest BCUT2D eigenvalue weighted by molar-refractivity contribution is 7.89. The maximum Gasteiger partial charge on any atom is 0.347 e. The summed E-state index contributed by atoms with van der Waals surface area (Å²) in [6.45, 7) is 3.71. The van der Waals surface area contributed by atoms with Gasteiger partial charge in [-0.15, -0.1) is 11.3 Å². The molecule has 1 unspecified atom stereocenters. The van der Waals surface area contributed by atoms with Gasteiger partial charge >= 0.3 is 5.97 Å². The Balaban J connectivity index is 2.97. The molecular weight excluding hydrogens is 262 g/mol. The minimum absolute atomic E-state index is 0.152. The molecule has 17 heavy (non-hydrogen) atoms. The topological polar surface area (TPSA) is 83.5 Å². The summed E-state index contributed by atoms with van der Waals surface area (Å²) in [5, 5.41) is 10.3. The first-order valence-electron chi connectivity index (χ1n) is 5.21. The number of nitrogens with one attached hydrogen (secondary N) is 1. The van der Waals surface area contributed by atoms with E-state index in [0.29, 0.717) is 6.42 Å². The van der Waals surface area contributed by atoms with Crippen molar-refractivity contribution >= 4 is 27.3 Å². The Morgan fingerprint density at radius 3 is 2.76 bits per heavy atom. The van der Waals surface area contributed by atoms with E-state index in [-0.39, 0.29) is 15.8 Å². The summed E-state index contributed by atoms with van der Waals surface area (Å²) >= 11 is 0.906. The number of hydrogen-bond donors (Lipinski definition) is 2. The molecule has 1 atom stereocenters. The predicted molar refractivity (Wildman–Crippen MR) is 66.0 cm³/mol. The Hall–Kier alpha value is -0.920. The van der Waals surface area contributed by atoms with E-state index in [4.69, 9.17) is 5.11 Å². The molecule has 0 aromatic carbocycles. The van der Waals surface area contributed by atoms with E-state index < -0.39 is 16.0 Å². The standard InChI is InChI=1S/C10H15NO4S2/c1-3-4-7(2)11-17(14,15)8-5-6-16-9(8)10(12)13/h5-7,11H,3-4H2,1-2H3,(H,12,13). The molecule has 96 valence electrons. The second-order valence-electron chi connectivity index (χ2n) is 3.73. The lowest BCUT2D eigenvalue weighted by Crippen LogP contribution is -2.32. The fraction of sp³-hybridized carbons (Fsp3) is 0.500. The third-order valence-electron chi connectivity index (χ3n) is 2.19. The largest absolute Gasteiger partial charge is 0.477 e. The van der Waals surface area contributed by atoms with Crippen molar-refractivity contribution in [2.75, 3.05) is 0 Å². The van der Waals surface area contributed by atoms with E-state index >= 15 is 0 Å². The number of sulfonamides is 1. The van der Waals surface area contributed by atoms with Crippen molar-refractivity contribution in [2.24, 2.45) is 0 Å². The zero-order chi connectivity index (χ0) is 13.1. The smallest absolute Gasteiger partial charge is 0.347 e. The number of carboxylic acids is 1. The van der Waals surface area contributed by atoms with Crippen LogP contribution in [0.3, 0.4) is 0 Å². The molecule has 0 saturated carbocycles. The Morgan fingerprint density at radius 2 is 2.24 bits per heavy atom. The van der Waals surface area contributed by atoms with E-state index in [9.17, 15) is 13.2 Å². The van der Waals surface area contributed by atoms with Crippen LogP contribution in [-0.2, 0) is 10.0 Å². The third-order valence-corrected chi connectivity index (χ3v) is 4.85. The summed E-state index contributed by atoms with van der Waals surface area (Å²) in [6.07, 6.45) is 1.57. The molecule has 0 radical (unpaired) electrons. The van der Waals surface area contributed by atoms with Crippen LogP contribution in [-0.4, -0.2) is 25.5 Å². The van der Waals surface area contributed by atoms with Gasteiger partial charge in [0.25, 0.3) is 0 Å². The Morgan fingerprint density at radius 1 is 1.59 bits per heavy atom. The van der Waals surface area contributed by atoms with Crippen LogP contribution in [0.15, 0.2) is 16.3 Å². The molecule has 0 spiro atoms. The first-order valence-corrected chi connectivity index (χ1v) is 7.58. The molecule has 5 nitrogen and oxygen atoms in total. The number of aromatic carboxylic acids is 1. The first-order chi connectivity index (χ1) is 7.88. The molecule has 0 fully saturated rings. The normalized spacial score (nSPS) is 13.5. The summed E-state index contributed by atoms with van der Waals surface area (Å²) in [5.74, 6) is -1.22. The van der Waals surface area contributed by atoms with Gasteiger partial charge in [-0.1, -0.05) is 13.3 Å². The van der Waals surface area contributed by atoms with Crippen LogP contribution in [0.2, 0.25) is 0 Å². The average molecular weight is 277 g/mol. The number of carbonyl (C=O) groups is 1. The minimum atomic E-state index is -3.73. The predicted octanol–water partition coefficient (Wildman–Crippen LogP) is 1.91. The Kier molecular flexibility index (Phi) is 4.67. The van der Waals surface area contributed by atoms with E-state index in [1.165, 1.54) is 11.4 Å². The van der Waals surface area contributed by atoms with Gasteiger partial charge in [0.2, 0.25) is 10.0 Å². The summed E-state index contributed by atoms with van der Waals surface area (Å²) in [6, 6.07) is 1.11. The van der Waals surface area contributed by atoms with Crippen molar-refractivity contribution < 1.29 is 18.3 Å². The van der Waals surface area contributed by atoms with Crippen LogP contribution in [0, 0.1) is 0 Å².